The fourth-order valence-corrected chi connectivity index (χ4v) is 1.70. The number of carbonyl (C=O) groups excluding carboxylic acids is 3. The number of likely N-dealkylation sites (tertiary alicyclic amines) is 1. The van der Waals surface area contributed by atoms with Crippen LogP contribution in [0.15, 0.2) is 0 Å². The minimum absolute atomic E-state index is 0.140. The summed E-state index contributed by atoms with van der Waals surface area (Å²) >= 11 is 0. The maximum absolute atomic E-state index is 11.6. The highest BCUT2D eigenvalue weighted by Crippen LogP contribution is 2.18. The topological polar surface area (TPSA) is 72.9 Å². The molecule has 0 aromatic heterocycles. The van der Waals surface area contributed by atoms with Crippen molar-refractivity contribution in [2.45, 2.75) is 25.8 Å². The summed E-state index contributed by atoms with van der Waals surface area (Å²) in [5.41, 5.74) is 0. The Balaban J connectivity index is 2.67. The fourth-order valence-electron chi connectivity index (χ4n) is 1.70. The first-order valence-electron chi connectivity index (χ1n) is 5.17. The third-order valence-electron chi connectivity index (χ3n) is 2.44. The molecule has 1 aliphatic heterocycles. The van der Waals surface area contributed by atoms with Crippen molar-refractivity contribution in [3.63, 3.8) is 0 Å². The molecule has 1 rings (SSSR count). The van der Waals surface area contributed by atoms with Crippen molar-refractivity contribution in [2.24, 2.45) is 0 Å². The van der Waals surface area contributed by atoms with Gasteiger partial charge < -0.3 is 14.4 Å². The lowest BCUT2D eigenvalue weighted by Gasteiger charge is -2.21. The van der Waals surface area contributed by atoms with E-state index in [2.05, 4.69) is 9.47 Å². The van der Waals surface area contributed by atoms with Crippen molar-refractivity contribution in [3.8, 4) is 0 Å². The molecule has 1 aliphatic rings. The maximum Gasteiger partial charge on any atom is 0.397 e. The van der Waals surface area contributed by atoms with Gasteiger partial charge in [0, 0.05) is 6.54 Å². The van der Waals surface area contributed by atoms with Crippen LogP contribution in [0.3, 0.4) is 0 Å². The van der Waals surface area contributed by atoms with E-state index in [1.54, 1.807) is 6.92 Å². The standard InChI is InChI=1S/C10H15NO5/c1-3-16-10(14)8(12)11-6-4-5-7(11)9(13)15-2/h7H,3-6H2,1-2H3. The summed E-state index contributed by atoms with van der Waals surface area (Å²) in [5.74, 6) is -2.18. The molecule has 1 atom stereocenters. The van der Waals surface area contributed by atoms with Crippen molar-refractivity contribution >= 4 is 17.8 Å². The van der Waals surface area contributed by atoms with E-state index in [1.807, 2.05) is 0 Å². The van der Waals surface area contributed by atoms with Gasteiger partial charge in [0.25, 0.3) is 0 Å². The van der Waals surface area contributed by atoms with E-state index in [4.69, 9.17) is 0 Å². The summed E-state index contributed by atoms with van der Waals surface area (Å²) in [6.07, 6.45) is 1.21. The number of hydrogen-bond donors (Lipinski definition) is 0. The van der Waals surface area contributed by atoms with E-state index in [0.29, 0.717) is 19.4 Å². The molecule has 0 aliphatic carbocycles. The summed E-state index contributed by atoms with van der Waals surface area (Å²) in [6.45, 7) is 2.14. The van der Waals surface area contributed by atoms with Crippen LogP contribution < -0.4 is 0 Å². The van der Waals surface area contributed by atoms with Gasteiger partial charge in [0.15, 0.2) is 0 Å². The third-order valence-corrected chi connectivity index (χ3v) is 2.44. The number of carbonyl (C=O) groups is 3. The van der Waals surface area contributed by atoms with Crippen LogP contribution in [-0.2, 0) is 23.9 Å². The van der Waals surface area contributed by atoms with Gasteiger partial charge in [-0.3, -0.25) is 4.79 Å². The fraction of sp³-hybridized carbons (Fsp3) is 0.700. The van der Waals surface area contributed by atoms with Gasteiger partial charge in [-0.05, 0) is 19.8 Å². The van der Waals surface area contributed by atoms with E-state index in [9.17, 15) is 14.4 Å². The first-order valence-corrected chi connectivity index (χ1v) is 5.17. The Morgan fingerprint density at radius 3 is 2.62 bits per heavy atom. The average Bonchev–Trinajstić information content (AvgIpc) is 2.76. The van der Waals surface area contributed by atoms with E-state index < -0.39 is 23.9 Å². The summed E-state index contributed by atoms with van der Waals surface area (Å²) in [6, 6.07) is -0.651. The van der Waals surface area contributed by atoms with Gasteiger partial charge in [-0.2, -0.15) is 0 Å². The SMILES string of the molecule is CCOC(=O)C(=O)N1CCCC1C(=O)OC. The van der Waals surface area contributed by atoms with Crippen molar-refractivity contribution < 1.29 is 23.9 Å². The Morgan fingerprint density at radius 2 is 2.06 bits per heavy atom. The zero-order valence-corrected chi connectivity index (χ0v) is 9.39. The largest absolute Gasteiger partial charge is 0.467 e. The number of amides is 1. The zero-order chi connectivity index (χ0) is 12.1. The zero-order valence-electron chi connectivity index (χ0n) is 9.39. The normalized spacial score (nSPS) is 19.4. The number of esters is 2. The highest BCUT2D eigenvalue weighted by molar-refractivity contribution is 6.32. The van der Waals surface area contributed by atoms with Crippen LogP contribution in [-0.4, -0.2) is 49.0 Å². The maximum atomic E-state index is 11.6. The quantitative estimate of drug-likeness (QED) is 0.480. The highest BCUT2D eigenvalue weighted by atomic mass is 16.5. The molecule has 6 heteroatoms. The van der Waals surface area contributed by atoms with Gasteiger partial charge in [-0.1, -0.05) is 0 Å². The number of nitrogens with zero attached hydrogens (tertiary/aromatic N) is 1. The van der Waals surface area contributed by atoms with Crippen LogP contribution in [0.2, 0.25) is 0 Å². The van der Waals surface area contributed by atoms with E-state index in [1.165, 1.54) is 12.0 Å². The molecule has 0 aromatic carbocycles. The van der Waals surface area contributed by atoms with E-state index >= 15 is 0 Å². The monoisotopic (exact) mass is 229 g/mol. The molecule has 6 nitrogen and oxygen atoms in total. The van der Waals surface area contributed by atoms with Crippen molar-refractivity contribution in [1.29, 1.82) is 0 Å². The molecule has 0 N–H and O–H groups in total. The van der Waals surface area contributed by atoms with E-state index in [-0.39, 0.29) is 6.61 Å². The minimum Gasteiger partial charge on any atom is -0.467 e. The molecular formula is C10H15NO5. The lowest BCUT2D eigenvalue weighted by Crippen LogP contribution is -2.44. The Morgan fingerprint density at radius 1 is 1.38 bits per heavy atom. The van der Waals surface area contributed by atoms with Gasteiger partial charge in [-0.15, -0.1) is 0 Å². The summed E-state index contributed by atoms with van der Waals surface area (Å²) < 4.78 is 9.16. The molecule has 1 unspecified atom stereocenters. The van der Waals surface area contributed by atoms with Crippen molar-refractivity contribution in [3.05, 3.63) is 0 Å². The van der Waals surface area contributed by atoms with Crippen molar-refractivity contribution in [1.82, 2.24) is 4.90 Å². The summed E-state index contributed by atoms with van der Waals surface area (Å²) in [4.78, 5) is 35.4. The second kappa shape index (κ2) is 5.48. The van der Waals surface area contributed by atoms with Gasteiger partial charge in [0.05, 0.1) is 13.7 Å². The third kappa shape index (κ3) is 2.50. The van der Waals surface area contributed by atoms with Crippen LogP contribution in [0, 0.1) is 0 Å². The molecular weight excluding hydrogens is 214 g/mol. The molecule has 1 heterocycles. The highest BCUT2D eigenvalue weighted by Gasteiger charge is 2.38. The first-order chi connectivity index (χ1) is 7.61. The van der Waals surface area contributed by atoms with E-state index in [0.717, 1.165) is 0 Å². The first kappa shape index (κ1) is 12.5. The molecule has 0 spiro atoms. The molecule has 1 saturated heterocycles. The smallest absolute Gasteiger partial charge is 0.397 e. The molecule has 1 fully saturated rings. The van der Waals surface area contributed by atoms with Crippen LogP contribution in [0.5, 0.6) is 0 Å². The molecule has 0 aromatic rings. The van der Waals surface area contributed by atoms with Gasteiger partial charge >= 0.3 is 17.8 Å². The lowest BCUT2D eigenvalue weighted by atomic mass is 10.2. The molecule has 16 heavy (non-hydrogen) atoms. The number of methoxy groups -OCH3 is 1. The molecule has 0 saturated carbocycles. The van der Waals surface area contributed by atoms with Gasteiger partial charge in [-0.25, -0.2) is 9.59 Å². The summed E-state index contributed by atoms with van der Waals surface area (Å²) in [7, 11) is 1.26. The minimum atomic E-state index is -0.918. The number of rotatable bonds is 2. The summed E-state index contributed by atoms with van der Waals surface area (Å²) in [5, 5.41) is 0. The molecule has 1 amide bonds. The Hall–Kier alpha value is -1.59. The average molecular weight is 229 g/mol. The predicted octanol–water partition coefficient (Wildman–Crippen LogP) is -0.287. The van der Waals surface area contributed by atoms with Crippen LogP contribution in [0.25, 0.3) is 0 Å². The molecule has 90 valence electrons. The Kier molecular flexibility index (Phi) is 4.28. The Bertz CT molecular complexity index is 302. The van der Waals surface area contributed by atoms with Crippen LogP contribution >= 0.6 is 0 Å². The van der Waals surface area contributed by atoms with Gasteiger partial charge in [0.2, 0.25) is 0 Å². The number of hydrogen-bond acceptors (Lipinski definition) is 5. The lowest BCUT2D eigenvalue weighted by molar-refractivity contribution is -0.163. The predicted molar refractivity (Wildman–Crippen MR) is 53.4 cm³/mol. The second-order valence-electron chi connectivity index (χ2n) is 3.40. The Labute approximate surface area is 93.5 Å². The molecule has 0 radical (unpaired) electrons. The van der Waals surface area contributed by atoms with Crippen LogP contribution in [0.4, 0.5) is 0 Å². The van der Waals surface area contributed by atoms with Gasteiger partial charge in [0.1, 0.15) is 6.04 Å². The molecule has 0 bridgehead atoms. The van der Waals surface area contributed by atoms with Crippen molar-refractivity contribution in [2.75, 3.05) is 20.3 Å². The second-order valence-corrected chi connectivity index (χ2v) is 3.40. The van der Waals surface area contributed by atoms with Crippen LogP contribution in [0.1, 0.15) is 19.8 Å². The number of ether oxygens (including phenoxy) is 2.